The van der Waals surface area contributed by atoms with Crippen LogP contribution in [0.4, 0.5) is 14.6 Å². The summed E-state index contributed by atoms with van der Waals surface area (Å²) in [5, 5.41) is 10.6. The summed E-state index contributed by atoms with van der Waals surface area (Å²) in [5.74, 6) is -2.94. The van der Waals surface area contributed by atoms with Crippen molar-refractivity contribution in [2.75, 3.05) is 32.7 Å². The van der Waals surface area contributed by atoms with E-state index in [1.54, 1.807) is 0 Å². The highest BCUT2D eigenvalue weighted by Gasteiger charge is 2.51. The maximum Gasteiger partial charge on any atom is 0.350 e. The maximum atomic E-state index is 15.5. The molecule has 3 rings (SSSR count). The summed E-state index contributed by atoms with van der Waals surface area (Å²) in [4.78, 5) is 37.8. The van der Waals surface area contributed by atoms with E-state index in [1.807, 2.05) is 0 Å². The number of imidazole rings is 1. The molecule has 0 saturated carbocycles. The molecule has 3 atom stereocenters. The number of aliphatic hydroxyl groups excluding tert-OH is 1. The van der Waals surface area contributed by atoms with Gasteiger partial charge in [-0.3, -0.25) is 4.57 Å². The van der Waals surface area contributed by atoms with Gasteiger partial charge in [0.25, 0.3) is 5.60 Å². The smallest absolute Gasteiger partial charge is 0.350 e. The fourth-order valence-corrected chi connectivity index (χ4v) is 3.96. The van der Waals surface area contributed by atoms with Crippen molar-refractivity contribution >= 4 is 40.5 Å². The summed E-state index contributed by atoms with van der Waals surface area (Å²) in [7, 11) is 1.16. The number of ether oxygens (including phenoxy) is 4. The normalized spacial score (nSPS) is 14.1. The number of nitrogen functional groups attached to an aromatic ring is 1. The number of rotatable bonds is 13. The van der Waals surface area contributed by atoms with Crippen molar-refractivity contribution < 1.29 is 42.4 Å². The summed E-state index contributed by atoms with van der Waals surface area (Å²) in [6.45, 7) is 2.12. The zero-order valence-electron chi connectivity index (χ0n) is 21.3. The van der Waals surface area contributed by atoms with E-state index in [9.17, 15) is 19.1 Å². The first-order valence-electron chi connectivity index (χ1n) is 11.8. The Morgan fingerprint density at radius 2 is 1.87 bits per heavy atom. The number of aromatic nitrogens is 4. The molecule has 0 aliphatic heterocycles. The van der Waals surface area contributed by atoms with Crippen molar-refractivity contribution in [3.8, 4) is 0 Å². The van der Waals surface area contributed by atoms with Crippen LogP contribution in [0.15, 0.2) is 30.6 Å². The molecule has 1 aromatic carbocycles. The topological polar surface area (TPSA) is 161 Å². The van der Waals surface area contributed by atoms with Gasteiger partial charge in [-0.2, -0.15) is 9.97 Å². The summed E-state index contributed by atoms with van der Waals surface area (Å²) >= 11 is 5.83. The molecular weight excluding hydrogens is 544 g/mol. The standard InChI is InChI=1S/C24H28ClF2N5O7/c1-4-37-21(34)24(22(35)38-5-2,10-13-7-6-8-14(26)9-13)39-11-15(36-3)17(33)18(27)32-12-29-16-19(28)30-23(25)31-20(16)32/h6-9,12,15,17-18,33H,4-5,10-11H2,1-3H3,(H2,28,30,31)/t15-,17-,18-/m1/s1. The van der Waals surface area contributed by atoms with Crippen molar-refractivity contribution in [1.29, 1.82) is 0 Å². The Bertz CT molecular complexity index is 1290. The van der Waals surface area contributed by atoms with Crippen molar-refractivity contribution in [2.24, 2.45) is 0 Å². The fraction of sp³-hybridized carbons (Fsp3) is 0.458. The average Bonchev–Trinajstić information content (AvgIpc) is 3.32. The van der Waals surface area contributed by atoms with Gasteiger partial charge in [0.05, 0.1) is 26.1 Å². The van der Waals surface area contributed by atoms with Crippen LogP contribution >= 0.6 is 11.6 Å². The number of methoxy groups -OCH3 is 1. The second-order valence-corrected chi connectivity index (χ2v) is 8.56. The van der Waals surface area contributed by atoms with Crippen LogP contribution in [0, 0.1) is 5.82 Å². The molecule has 0 aliphatic carbocycles. The lowest BCUT2D eigenvalue weighted by Crippen LogP contribution is -2.55. The summed E-state index contributed by atoms with van der Waals surface area (Å²) in [5.41, 5.74) is 3.52. The molecule has 0 unspecified atom stereocenters. The third-order valence-electron chi connectivity index (χ3n) is 5.70. The Kier molecular flexibility index (Phi) is 10.1. The predicted octanol–water partition coefficient (Wildman–Crippen LogP) is 2.17. The van der Waals surface area contributed by atoms with E-state index in [4.69, 9.17) is 36.3 Å². The molecule has 0 amide bonds. The molecule has 2 aromatic heterocycles. The van der Waals surface area contributed by atoms with Gasteiger partial charge in [-0.1, -0.05) is 12.1 Å². The van der Waals surface area contributed by atoms with E-state index < -0.39 is 54.9 Å². The molecule has 12 nitrogen and oxygen atoms in total. The number of nitrogens with two attached hydrogens (primary N) is 1. The van der Waals surface area contributed by atoms with Crippen LogP contribution in [0.5, 0.6) is 0 Å². The largest absolute Gasteiger partial charge is 0.463 e. The highest BCUT2D eigenvalue weighted by atomic mass is 35.5. The number of fused-ring (bicyclic) bond motifs is 1. The van der Waals surface area contributed by atoms with Gasteiger partial charge in [0, 0.05) is 13.5 Å². The first-order valence-corrected chi connectivity index (χ1v) is 12.2. The third-order valence-corrected chi connectivity index (χ3v) is 5.87. The van der Waals surface area contributed by atoms with Crippen molar-refractivity contribution in [1.82, 2.24) is 19.5 Å². The molecule has 0 aliphatic rings. The van der Waals surface area contributed by atoms with Gasteiger partial charge in [0.15, 0.2) is 11.5 Å². The van der Waals surface area contributed by atoms with Crippen molar-refractivity contribution in [3.05, 3.63) is 47.3 Å². The number of alkyl halides is 1. The van der Waals surface area contributed by atoms with Crippen LogP contribution in [0.2, 0.25) is 5.28 Å². The summed E-state index contributed by atoms with van der Waals surface area (Å²) in [6, 6.07) is 5.16. The lowest BCUT2D eigenvalue weighted by molar-refractivity contribution is -0.199. The van der Waals surface area contributed by atoms with Crippen molar-refractivity contribution in [2.45, 2.75) is 44.4 Å². The van der Waals surface area contributed by atoms with E-state index >= 15 is 4.39 Å². The highest BCUT2D eigenvalue weighted by molar-refractivity contribution is 6.28. The van der Waals surface area contributed by atoms with E-state index in [2.05, 4.69) is 15.0 Å². The molecule has 3 N–H and O–H groups in total. The molecule has 15 heteroatoms. The lowest BCUT2D eigenvalue weighted by Gasteiger charge is -2.32. The Balaban J connectivity index is 1.93. The number of nitrogens with zero attached hydrogens (tertiary/aromatic N) is 4. The van der Waals surface area contributed by atoms with Gasteiger partial charge in [0.1, 0.15) is 23.5 Å². The number of carbonyl (C=O) groups is 2. The second-order valence-electron chi connectivity index (χ2n) is 8.22. The molecule has 0 fully saturated rings. The zero-order valence-corrected chi connectivity index (χ0v) is 22.1. The fourth-order valence-electron chi connectivity index (χ4n) is 3.79. The summed E-state index contributed by atoms with van der Waals surface area (Å²) in [6.07, 6.45) is -5.02. The highest BCUT2D eigenvalue weighted by Crippen LogP contribution is 2.28. The first kappa shape index (κ1) is 30.1. The predicted molar refractivity (Wildman–Crippen MR) is 134 cm³/mol. The number of halogens is 3. The minimum Gasteiger partial charge on any atom is -0.463 e. The second kappa shape index (κ2) is 13.1. The summed E-state index contributed by atoms with van der Waals surface area (Å²) < 4.78 is 51.5. The Labute approximate surface area is 227 Å². The van der Waals surface area contributed by atoms with Gasteiger partial charge in [-0.05, 0) is 43.1 Å². The molecule has 2 heterocycles. The zero-order chi connectivity index (χ0) is 28.7. The lowest BCUT2D eigenvalue weighted by atomic mass is 9.93. The van der Waals surface area contributed by atoms with E-state index in [0.29, 0.717) is 0 Å². The Morgan fingerprint density at radius 3 is 2.46 bits per heavy atom. The first-order chi connectivity index (χ1) is 18.6. The number of aliphatic hydroxyl groups is 1. The number of anilines is 1. The maximum absolute atomic E-state index is 15.5. The van der Waals surface area contributed by atoms with Crippen molar-refractivity contribution in [3.63, 3.8) is 0 Å². The van der Waals surface area contributed by atoms with Gasteiger partial charge < -0.3 is 29.8 Å². The van der Waals surface area contributed by atoms with Gasteiger partial charge in [-0.15, -0.1) is 0 Å². The Morgan fingerprint density at radius 1 is 1.21 bits per heavy atom. The van der Waals surface area contributed by atoms with E-state index in [1.165, 1.54) is 32.0 Å². The SMILES string of the molecule is CCOC(=O)C(Cc1cccc(F)c1)(OC[C@@H](OC)[C@@H](O)[C@H](F)n1cnc2c(N)nc(Cl)nc21)C(=O)OCC. The van der Waals surface area contributed by atoms with Crippen LogP contribution in [0.3, 0.4) is 0 Å². The number of esters is 2. The molecular formula is C24H28ClF2N5O7. The molecule has 0 spiro atoms. The van der Waals surface area contributed by atoms with Crippen LogP contribution < -0.4 is 5.73 Å². The molecule has 39 heavy (non-hydrogen) atoms. The number of benzene rings is 1. The molecule has 212 valence electrons. The Hall–Kier alpha value is -3.46. The number of hydrogen-bond acceptors (Lipinski definition) is 11. The van der Waals surface area contributed by atoms with Crippen LogP contribution in [0.1, 0.15) is 25.7 Å². The quantitative estimate of drug-likeness (QED) is 0.176. The van der Waals surface area contributed by atoms with E-state index in [-0.39, 0.29) is 41.0 Å². The monoisotopic (exact) mass is 571 g/mol. The van der Waals surface area contributed by atoms with E-state index in [0.717, 1.165) is 24.1 Å². The molecule has 0 saturated heterocycles. The van der Waals surface area contributed by atoms with Crippen LogP contribution in [-0.4, -0.2) is 81.3 Å². The average molecular weight is 572 g/mol. The number of carbonyl (C=O) groups excluding carboxylic acids is 2. The third kappa shape index (κ3) is 6.58. The van der Waals surface area contributed by atoms with Crippen LogP contribution in [0.25, 0.3) is 11.2 Å². The minimum atomic E-state index is -2.42. The van der Waals surface area contributed by atoms with Gasteiger partial charge in [0.2, 0.25) is 11.6 Å². The molecule has 0 bridgehead atoms. The molecule has 3 aromatic rings. The van der Waals surface area contributed by atoms with Crippen LogP contribution in [-0.2, 0) is 35.0 Å². The molecule has 0 radical (unpaired) electrons. The number of hydrogen-bond donors (Lipinski definition) is 2. The van der Waals surface area contributed by atoms with Gasteiger partial charge in [-0.25, -0.2) is 23.4 Å². The minimum absolute atomic E-state index is 0.0539. The van der Waals surface area contributed by atoms with Gasteiger partial charge >= 0.3 is 11.9 Å².